The molecule has 2 heterocycles. The number of nitrogens with two attached hydrogens (primary N) is 1. The number of para-hydroxylation sites is 1. The van der Waals surface area contributed by atoms with Gasteiger partial charge in [0.2, 0.25) is 0 Å². The minimum atomic E-state index is -0.428. The van der Waals surface area contributed by atoms with E-state index in [-0.39, 0.29) is 0 Å². The van der Waals surface area contributed by atoms with E-state index in [4.69, 9.17) is 15.5 Å². The van der Waals surface area contributed by atoms with E-state index in [1.807, 2.05) is 12.1 Å². The largest absolute Gasteiger partial charge is 0.383 e. The summed E-state index contributed by atoms with van der Waals surface area (Å²) in [5.41, 5.74) is 7.71. The van der Waals surface area contributed by atoms with E-state index >= 15 is 0 Å². The third-order valence-corrected chi connectivity index (χ3v) is 4.77. The highest BCUT2D eigenvalue weighted by Gasteiger charge is 2.28. The van der Waals surface area contributed by atoms with Crippen LogP contribution in [0.3, 0.4) is 0 Å². The summed E-state index contributed by atoms with van der Waals surface area (Å²) < 4.78 is 7.47. The van der Waals surface area contributed by atoms with Crippen LogP contribution in [0.2, 0.25) is 0 Å². The third-order valence-electron chi connectivity index (χ3n) is 4.77. The Morgan fingerprint density at radius 2 is 2.25 bits per heavy atom. The summed E-state index contributed by atoms with van der Waals surface area (Å²) in [5.74, 6) is 1.01. The molecule has 130 valence electrons. The van der Waals surface area contributed by atoms with Crippen LogP contribution in [0.15, 0.2) is 18.2 Å². The van der Waals surface area contributed by atoms with Crippen molar-refractivity contribution in [2.24, 2.45) is 5.73 Å². The van der Waals surface area contributed by atoms with Gasteiger partial charge in [-0.2, -0.15) is 0 Å². The van der Waals surface area contributed by atoms with E-state index in [9.17, 15) is 4.79 Å². The number of aromatic nitrogens is 2. The number of carbonyl (C=O) groups is 1. The van der Waals surface area contributed by atoms with Crippen LogP contribution >= 0.6 is 0 Å². The highest BCUT2D eigenvalue weighted by Crippen LogP contribution is 2.30. The van der Waals surface area contributed by atoms with Gasteiger partial charge in [-0.3, -0.25) is 4.79 Å². The van der Waals surface area contributed by atoms with E-state index in [1.54, 1.807) is 13.2 Å². The first-order chi connectivity index (χ1) is 11.7. The van der Waals surface area contributed by atoms with Crippen molar-refractivity contribution in [3.8, 4) is 0 Å². The number of amides is 1. The zero-order valence-electron chi connectivity index (χ0n) is 14.5. The second kappa shape index (κ2) is 7.32. The number of hydrogen-bond acceptors (Lipinski definition) is 4. The number of primary amides is 1. The molecule has 2 aromatic rings. The van der Waals surface area contributed by atoms with Gasteiger partial charge in [0.15, 0.2) is 0 Å². The van der Waals surface area contributed by atoms with Crippen LogP contribution < -0.4 is 5.73 Å². The lowest BCUT2D eigenvalue weighted by atomic mass is 10.1. The molecule has 1 aliphatic heterocycles. The lowest BCUT2D eigenvalue weighted by Crippen LogP contribution is -2.22. The van der Waals surface area contributed by atoms with Gasteiger partial charge < -0.3 is 19.9 Å². The molecule has 1 aliphatic rings. The SMILES string of the molecule is CCCN1CCC(c2nc3c(C(N)=O)cccc3n2CCOC)C1. The molecule has 1 aromatic heterocycles. The van der Waals surface area contributed by atoms with Gasteiger partial charge in [0, 0.05) is 26.1 Å². The van der Waals surface area contributed by atoms with Gasteiger partial charge in [0.1, 0.15) is 11.3 Å². The van der Waals surface area contributed by atoms with Crippen molar-refractivity contribution in [2.75, 3.05) is 33.4 Å². The maximum absolute atomic E-state index is 11.7. The molecular formula is C18H26N4O2. The Bertz CT molecular complexity index is 725. The molecule has 3 rings (SSSR count). The van der Waals surface area contributed by atoms with E-state index in [2.05, 4.69) is 16.4 Å². The number of imidazole rings is 1. The summed E-state index contributed by atoms with van der Waals surface area (Å²) in [6.07, 6.45) is 2.26. The predicted molar refractivity (Wildman–Crippen MR) is 94.2 cm³/mol. The Morgan fingerprint density at radius 1 is 1.42 bits per heavy atom. The predicted octanol–water partition coefficient (Wildman–Crippen LogP) is 1.98. The first-order valence-electron chi connectivity index (χ1n) is 8.66. The van der Waals surface area contributed by atoms with Crippen LogP contribution in [0, 0.1) is 0 Å². The number of nitrogens with zero attached hydrogens (tertiary/aromatic N) is 3. The minimum absolute atomic E-state index is 0.390. The Kier molecular flexibility index (Phi) is 5.16. The fourth-order valence-electron chi connectivity index (χ4n) is 3.66. The van der Waals surface area contributed by atoms with Crippen molar-refractivity contribution in [1.82, 2.24) is 14.5 Å². The monoisotopic (exact) mass is 330 g/mol. The van der Waals surface area contributed by atoms with Crippen molar-refractivity contribution in [1.29, 1.82) is 0 Å². The molecule has 6 heteroatoms. The zero-order valence-corrected chi connectivity index (χ0v) is 14.5. The normalized spacial score (nSPS) is 18.5. The van der Waals surface area contributed by atoms with Gasteiger partial charge in [-0.15, -0.1) is 0 Å². The topological polar surface area (TPSA) is 73.4 Å². The standard InChI is InChI=1S/C18H26N4O2/c1-3-8-21-9-7-13(12-21)18-20-16-14(17(19)23)5-4-6-15(16)22(18)10-11-24-2/h4-6,13H,3,7-12H2,1-2H3,(H2,19,23). The molecule has 0 radical (unpaired) electrons. The Balaban J connectivity index is 2.02. The summed E-state index contributed by atoms with van der Waals surface area (Å²) >= 11 is 0. The number of ether oxygens (including phenoxy) is 1. The first kappa shape index (κ1) is 16.9. The van der Waals surface area contributed by atoms with Gasteiger partial charge in [0.25, 0.3) is 5.91 Å². The summed E-state index contributed by atoms with van der Waals surface area (Å²) in [6, 6.07) is 5.63. The molecule has 2 N–H and O–H groups in total. The highest BCUT2D eigenvalue weighted by atomic mass is 16.5. The summed E-state index contributed by atoms with van der Waals surface area (Å²) in [6.45, 7) is 6.81. The van der Waals surface area contributed by atoms with Gasteiger partial charge in [-0.1, -0.05) is 13.0 Å². The molecule has 0 saturated carbocycles. The fraction of sp³-hybridized carbons (Fsp3) is 0.556. The van der Waals surface area contributed by atoms with E-state index in [0.29, 0.717) is 23.6 Å². The minimum Gasteiger partial charge on any atom is -0.383 e. The number of carbonyl (C=O) groups excluding carboxylic acids is 1. The molecule has 6 nitrogen and oxygen atoms in total. The molecule has 1 fully saturated rings. The first-order valence-corrected chi connectivity index (χ1v) is 8.66. The highest BCUT2D eigenvalue weighted by molar-refractivity contribution is 6.04. The average molecular weight is 330 g/mol. The number of rotatable bonds is 7. The number of methoxy groups -OCH3 is 1. The van der Waals surface area contributed by atoms with E-state index in [0.717, 1.165) is 43.9 Å². The number of fused-ring (bicyclic) bond motifs is 1. The molecule has 1 atom stereocenters. The van der Waals surface area contributed by atoms with Crippen LogP contribution in [0.5, 0.6) is 0 Å². The van der Waals surface area contributed by atoms with Crippen LogP contribution in [0.1, 0.15) is 41.9 Å². The van der Waals surface area contributed by atoms with Gasteiger partial charge in [-0.05, 0) is 38.1 Å². The summed E-state index contributed by atoms with van der Waals surface area (Å²) in [7, 11) is 1.70. The van der Waals surface area contributed by atoms with Gasteiger partial charge >= 0.3 is 0 Å². The molecule has 1 unspecified atom stereocenters. The number of benzene rings is 1. The van der Waals surface area contributed by atoms with Crippen molar-refractivity contribution in [3.63, 3.8) is 0 Å². The number of hydrogen-bond donors (Lipinski definition) is 1. The lowest BCUT2D eigenvalue weighted by molar-refractivity contribution is 0.100. The zero-order chi connectivity index (χ0) is 17.1. The molecule has 0 aliphatic carbocycles. The van der Waals surface area contributed by atoms with Crippen molar-refractivity contribution < 1.29 is 9.53 Å². The number of likely N-dealkylation sites (tertiary alicyclic amines) is 1. The third kappa shape index (κ3) is 3.16. The van der Waals surface area contributed by atoms with E-state index < -0.39 is 5.91 Å². The lowest BCUT2D eigenvalue weighted by Gasteiger charge is -2.16. The van der Waals surface area contributed by atoms with Crippen LogP contribution in [0.4, 0.5) is 0 Å². The summed E-state index contributed by atoms with van der Waals surface area (Å²) in [5, 5.41) is 0. The van der Waals surface area contributed by atoms with Crippen LogP contribution in [-0.2, 0) is 11.3 Å². The second-order valence-corrected chi connectivity index (χ2v) is 6.44. The Hall–Kier alpha value is -1.92. The molecule has 0 bridgehead atoms. The molecular weight excluding hydrogens is 304 g/mol. The van der Waals surface area contributed by atoms with Gasteiger partial charge in [-0.25, -0.2) is 4.98 Å². The molecule has 1 aromatic carbocycles. The molecule has 0 spiro atoms. The molecule has 1 amide bonds. The van der Waals surface area contributed by atoms with Gasteiger partial charge in [0.05, 0.1) is 17.7 Å². The van der Waals surface area contributed by atoms with Crippen molar-refractivity contribution >= 4 is 16.9 Å². The molecule has 1 saturated heterocycles. The second-order valence-electron chi connectivity index (χ2n) is 6.44. The average Bonchev–Trinajstić information content (AvgIpc) is 3.17. The maximum atomic E-state index is 11.7. The summed E-state index contributed by atoms with van der Waals surface area (Å²) in [4.78, 5) is 19.1. The van der Waals surface area contributed by atoms with Crippen LogP contribution in [-0.4, -0.2) is 53.7 Å². The van der Waals surface area contributed by atoms with Crippen LogP contribution in [0.25, 0.3) is 11.0 Å². The molecule has 24 heavy (non-hydrogen) atoms. The maximum Gasteiger partial charge on any atom is 0.250 e. The Labute approximate surface area is 142 Å². The van der Waals surface area contributed by atoms with Crippen molar-refractivity contribution in [2.45, 2.75) is 32.2 Å². The van der Waals surface area contributed by atoms with E-state index in [1.165, 1.54) is 6.42 Å². The Morgan fingerprint density at radius 3 is 2.96 bits per heavy atom. The fourth-order valence-corrected chi connectivity index (χ4v) is 3.66. The smallest absolute Gasteiger partial charge is 0.250 e. The van der Waals surface area contributed by atoms with Crippen molar-refractivity contribution in [3.05, 3.63) is 29.6 Å². The quantitative estimate of drug-likeness (QED) is 0.842.